The molecular weight excluding hydrogens is 636 g/mol. The van der Waals surface area contributed by atoms with Crippen molar-refractivity contribution in [1.82, 2.24) is 36.0 Å². The van der Waals surface area contributed by atoms with Crippen LogP contribution in [-0.4, -0.2) is 82.8 Å². The predicted octanol–water partition coefficient (Wildman–Crippen LogP) is 3.57. The lowest BCUT2D eigenvalue weighted by Gasteiger charge is -2.20. The smallest absolute Gasteiger partial charge is 0.234 e. The van der Waals surface area contributed by atoms with E-state index in [9.17, 15) is 27.6 Å². The molecule has 0 aromatic carbocycles. The average molecular weight is 699 g/mol. The first-order valence-electron chi connectivity index (χ1n) is 17.9. The molecule has 1 heterocycles. The van der Waals surface area contributed by atoms with Gasteiger partial charge in [-0.25, -0.2) is 8.42 Å². The van der Waals surface area contributed by atoms with E-state index in [0.717, 1.165) is 37.9 Å². The van der Waals surface area contributed by atoms with Crippen LogP contribution in [0.1, 0.15) is 149 Å². The normalized spacial score (nSPS) is 12.5. The Balaban J connectivity index is 1.97. The van der Waals surface area contributed by atoms with Crippen molar-refractivity contribution in [3.63, 3.8) is 0 Å². The number of rotatable bonds is 31. The third-order valence-corrected chi connectivity index (χ3v) is 9.60. The van der Waals surface area contributed by atoms with Crippen LogP contribution < -0.4 is 21.1 Å². The molecule has 0 fully saturated rings. The lowest BCUT2D eigenvalue weighted by Crippen LogP contribution is -2.49. The number of nitrogens with two attached hydrogens (primary N) is 1. The molecule has 1 rings (SSSR count). The number of H-pyrrole nitrogens is 1. The van der Waals surface area contributed by atoms with Gasteiger partial charge in [0.2, 0.25) is 21.8 Å². The number of hydrogen-bond acceptors (Lipinski definition) is 11. The highest BCUT2D eigenvalue weighted by molar-refractivity contribution is 7.90. The molecule has 0 unspecified atom stereocenters. The van der Waals surface area contributed by atoms with Gasteiger partial charge in [0.05, 0.1) is 23.9 Å². The molecule has 1 atom stereocenters. The lowest BCUT2D eigenvalue weighted by atomic mass is 9.99. The molecular formula is C33H62N8O6S. The Labute approximate surface area is 287 Å². The van der Waals surface area contributed by atoms with E-state index in [2.05, 4.69) is 36.0 Å². The number of aromatic nitrogens is 4. The summed E-state index contributed by atoms with van der Waals surface area (Å²) in [7, 11) is -3.78. The number of ketones is 2. The van der Waals surface area contributed by atoms with Crippen LogP contribution in [0.4, 0.5) is 0 Å². The summed E-state index contributed by atoms with van der Waals surface area (Å²) in [6.07, 6.45) is 17.8. The number of amides is 2. The highest BCUT2D eigenvalue weighted by atomic mass is 32.2. The summed E-state index contributed by atoms with van der Waals surface area (Å²) in [5.74, 6) is -0.517. The van der Waals surface area contributed by atoms with Gasteiger partial charge in [0, 0.05) is 25.8 Å². The van der Waals surface area contributed by atoms with Gasteiger partial charge in [0.1, 0.15) is 5.78 Å². The fourth-order valence-electron chi connectivity index (χ4n) is 5.18. The summed E-state index contributed by atoms with van der Waals surface area (Å²) < 4.78 is 26.6. The third kappa shape index (κ3) is 23.5. The van der Waals surface area contributed by atoms with Gasteiger partial charge in [-0.05, 0) is 59.3 Å². The Hall–Kier alpha value is -2.78. The van der Waals surface area contributed by atoms with Crippen LogP contribution in [0.5, 0.6) is 0 Å². The van der Waals surface area contributed by atoms with Gasteiger partial charge >= 0.3 is 0 Å². The molecule has 0 aliphatic rings. The fraction of sp³-hybridized carbons (Fsp3) is 0.848. The molecule has 0 saturated heterocycles. The maximum absolute atomic E-state index is 12.2. The Morgan fingerprint density at radius 3 is 1.90 bits per heavy atom. The highest BCUT2D eigenvalue weighted by Crippen LogP contribution is 2.13. The van der Waals surface area contributed by atoms with E-state index in [-0.39, 0.29) is 49.0 Å². The molecule has 14 nitrogen and oxygen atoms in total. The summed E-state index contributed by atoms with van der Waals surface area (Å²) in [5, 5.41) is 19.7. The van der Waals surface area contributed by atoms with E-state index >= 15 is 0 Å². The largest absolute Gasteiger partial charge is 0.356 e. The molecule has 6 N–H and O–H groups in total. The summed E-state index contributed by atoms with van der Waals surface area (Å²) in [4.78, 5) is 48.1. The SMILES string of the molecule is CC(=O)[C@H](CCCCNC(=O)CCCS(=O)(=O)NC(=O)CCCCCCCCCCCCCCCc1nn[nH]n1)NCC(=O)C(C)(C)N. The Bertz CT molecular complexity index is 1160. The average Bonchev–Trinajstić information content (AvgIpc) is 3.53. The Morgan fingerprint density at radius 1 is 0.792 bits per heavy atom. The second kappa shape index (κ2) is 25.2. The Morgan fingerprint density at radius 2 is 1.35 bits per heavy atom. The number of unbranched alkanes of at least 4 members (excludes halogenated alkanes) is 13. The van der Waals surface area contributed by atoms with Crippen molar-refractivity contribution >= 4 is 33.4 Å². The maximum Gasteiger partial charge on any atom is 0.234 e. The number of carbonyl (C=O) groups is 4. The van der Waals surface area contributed by atoms with E-state index in [4.69, 9.17) is 5.73 Å². The molecule has 15 heteroatoms. The first kappa shape index (κ1) is 43.2. The van der Waals surface area contributed by atoms with E-state index in [1.54, 1.807) is 13.8 Å². The first-order chi connectivity index (χ1) is 22.8. The number of Topliss-reactive ketones (excluding diaryl/α,β-unsaturated/α-hetero) is 2. The zero-order chi connectivity index (χ0) is 35.7. The maximum atomic E-state index is 12.2. The molecule has 2 amide bonds. The molecule has 0 radical (unpaired) electrons. The Kier molecular flexibility index (Phi) is 22.7. The van der Waals surface area contributed by atoms with Gasteiger partial charge in [0.25, 0.3) is 0 Å². The van der Waals surface area contributed by atoms with Crippen LogP contribution in [-0.2, 0) is 35.6 Å². The standard InChI is InChI=1S/C33H62N8O6S/c1-27(42)28(36-26-29(43)33(2,3)34)20-17-18-24-35-31(44)23-19-25-48(46,47)39-32(45)22-16-14-12-10-8-6-4-5-7-9-11-13-15-21-30-37-40-41-38-30/h28,36H,4-26,34H2,1-3H3,(H,35,44)(H,39,45)(H,37,38,40,41)/t28-/m0/s1. The molecule has 276 valence electrons. The molecule has 0 aliphatic heterocycles. The first-order valence-corrected chi connectivity index (χ1v) is 19.5. The summed E-state index contributed by atoms with van der Waals surface area (Å²) in [5.41, 5.74) is 4.81. The van der Waals surface area contributed by atoms with Gasteiger partial charge < -0.3 is 16.4 Å². The van der Waals surface area contributed by atoms with Gasteiger partial charge in [-0.2, -0.15) is 5.21 Å². The zero-order valence-electron chi connectivity index (χ0n) is 29.6. The number of nitrogens with one attached hydrogen (secondary N) is 4. The van der Waals surface area contributed by atoms with Gasteiger partial charge in [-0.1, -0.05) is 75.8 Å². The van der Waals surface area contributed by atoms with Gasteiger partial charge in [-0.15, -0.1) is 10.2 Å². The van der Waals surface area contributed by atoms with Crippen LogP contribution in [0, 0.1) is 0 Å². The molecule has 1 aromatic rings. The second-order valence-electron chi connectivity index (χ2n) is 13.4. The van der Waals surface area contributed by atoms with Crippen molar-refractivity contribution in [1.29, 1.82) is 0 Å². The van der Waals surface area contributed by atoms with Gasteiger partial charge in [-0.3, -0.25) is 23.9 Å². The topological polar surface area (TPSA) is 219 Å². The van der Waals surface area contributed by atoms with Crippen molar-refractivity contribution in [2.24, 2.45) is 5.73 Å². The van der Waals surface area contributed by atoms with Gasteiger partial charge in [0.15, 0.2) is 11.6 Å². The summed E-state index contributed by atoms with van der Waals surface area (Å²) in [6, 6.07) is -0.458. The number of nitrogens with zero attached hydrogens (tertiary/aromatic N) is 3. The minimum absolute atomic E-state index is 0.0163. The number of hydrogen-bond donors (Lipinski definition) is 5. The highest BCUT2D eigenvalue weighted by Gasteiger charge is 2.23. The molecule has 0 bridgehead atoms. The van der Waals surface area contributed by atoms with Crippen LogP contribution in [0.2, 0.25) is 0 Å². The summed E-state index contributed by atoms with van der Waals surface area (Å²) in [6.45, 7) is 5.11. The van der Waals surface area contributed by atoms with Crippen molar-refractivity contribution in [2.45, 2.75) is 161 Å². The fourth-order valence-corrected chi connectivity index (χ4v) is 6.26. The minimum Gasteiger partial charge on any atom is -0.356 e. The number of aromatic amines is 1. The number of carbonyl (C=O) groups excluding carboxylic acids is 4. The summed E-state index contributed by atoms with van der Waals surface area (Å²) >= 11 is 0. The van der Waals surface area contributed by atoms with E-state index in [1.165, 1.54) is 58.3 Å². The molecule has 1 aromatic heterocycles. The molecule has 48 heavy (non-hydrogen) atoms. The minimum atomic E-state index is -3.78. The van der Waals surface area contributed by atoms with Crippen molar-refractivity contribution < 1.29 is 27.6 Å². The molecule has 0 saturated carbocycles. The monoisotopic (exact) mass is 698 g/mol. The number of tetrazole rings is 1. The van der Waals surface area contributed by atoms with Crippen LogP contribution in [0.25, 0.3) is 0 Å². The number of sulfonamides is 1. The second-order valence-corrected chi connectivity index (χ2v) is 15.2. The van der Waals surface area contributed by atoms with Crippen LogP contribution in [0.3, 0.4) is 0 Å². The molecule has 0 aliphatic carbocycles. The van der Waals surface area contributed by atoms with Crippen molar-refractivity contribution in [2.75, 3.05) is 18.8 Å². The third-order valence-electron chi connectivity index (χ3n) is 8.24. The molecule has 0 spiro atoms. The number of aryl methyl sites for hydroxylation is 1. The van der Waals surface area contributed by atoms with Crippen LogP contribution >= 0.6 is 0 Å². The van der Waals surface area contributed by atoms with E-state index < -0.39 is 27.5 Å². The van der Waals surface area contributed by atoms with Crippen molar-refractivity contribution in [3.05, 3.63) is 5.82 Å². The van der Waals surface area contributed by atoms with E-state index in [0.29, 0.717) is 32.2 Å². The predicted molar refractivity (Wildman–Crippen MR) is 186 cm³/mol. The van der Waals surface area contributed by atoms with E-state index in [1.807, 2.05) is 0 Å². The van der Waals surface area contributed by atoms with Crippen molar-refractivity contribution in [3.8, 4) is 0 Å². The lowest BCUT2D eigenvalue weighted by molar-refractivity contribution is -0.123. The quantitative estimate of drug-likeness (QED) is 0.0706. The zero-order valence-corrected chi connectivity index (χ0v) is 30.4. The van der Waals surface area contributed by atoms with Crippen LogP contribution in [0.15, 0.2) is 0 Å².